The van der Waals surface area contributed by atoms with Gasteiger partial charge in [-0.15, -0.1) is 0 Å². The highest BCUT2D eigenvalue weighted by Crippen LogP contribution is 2.21. The van der Waals surface area contributed by atoms with Crippen LogP contribution in [0.1, 0.15) is 29.8 Å². The number of piperidine rings is 1. The summed E-state index contributed by atoms with van der Waals surface area (Å²) in [5.41, 5.74) is 0. The molecule has 0 unspecified atom stereocenters. The molecule has 0 bridgehead atoms. The van der Waals surface area contributed by atoms with Crippen molar-refractivity contribution in [3.8, 4) is 0 Å². The molecule has 0 spiro atoms. The summed E-state index contributed by atoms with van der Waals surface area (Å²) in [6, 6.07) is 3.32. The minimum Gasteiger partial charge on any atom is -0.459 e. The van der Waals surface area contributed by atoms with Crippen LogP contribution in [0, 0.1) is 5.92 Å². The molecule has 0 saturated carbocycles. The van der Waals surface area contributed by atoms with Crippen LogP contribution in [0.15, 0.2) is 22.8 Å². The maximum absolute atomic E-state index is 13.0. The molecule has 148 valence electrons. The van der Waals surface area contributed by atoms with Crippen molar-refractivity contribution in [1.82, 2.24) is 19.6 Å². The van der Waals surface area contributed by atoms with Gasteiger partial charge in [0.25, 0.3) is 5.91 Å². The zero-order valence-corrected chi connectivity index (χ0v) is 16.1. The Balaban J connectivity index is 1.57. The van der Waals surface area contributed by atoms with Crippen molar-refractivity contribution in [3.63, 3.8) is 0 Å². The van der Waals surface area contributed by atoms with Crippen LogP contribution in [0.25, 0.3) is 0 Å². The Morgan fingerprint density at radius 1 is 1.00 bits per heavy atom. The molecule has 1 aromatic rings. The molecule has 27 heavy (non-hydrogen) atoms. The fourth-order valence-corrected chi connectivity index (χ4v) is 3.79. The van der Waals surface area contributed by atoms with E-state index in [0.29, 0.717) is 45.0 Å². The Bertz CT molecular complexity index is 673. The molecule has 8 nitrogen and oxygen atoms in total. The minimum absolute atomic E-state index is 0.0430. The molecule has 3 rings (SSSR count). The number of carbonyl (C=O) groups is 3. The van der Waals surface area contributed by atoms with Crippen molar-refractivity contribution in [3.05, 3.63) is 24.2 Å². The van der Waals surface area contributed by atoms with Gasteiger partial charge in [0.1, 0.15) is 0 Å². The van der Waals surface area contributed by atoms with Crippen LogP contribution in [0.2, 0.25) is 0 Å². The molecule has 1 atom stereocenters. The van der Waals surface area contributed by atoms with Gasteiger partial charge in [0.15, 0.2) is 5.76 Å². The Labute approximate surface area is 159 Å². The maximum Gasteiger partial charge on any atom is 0.319 e. The largest absolute Gasteiger partial charge is 0.459 e. The fourth-order valence-electron chi connectivity index (χ4n) is 3.79. The third kappa shape index (κ3) is 4.43. The summed E-state index contributed by atoms with van der Waals surface area (Å²) < 4.78 is 5.20. The summed E-state index contributed by atoms with van der Waals surface area (Å²) in [5, 5.41) is 0. The first-order valence-electron chi connectivity index (χ1n) is 9.55. The van der Waals surface area contributed by atoms with Gasteiger partial charge in [-0.2, -0.15) is 0 Å². The van der Waals surface area contributed by atoms with Crippen LogP contribution in [0.4, 0.5) is 4.79 Å². The number of urea groups is 1. The second-order valence-electron chi connectivity index (χ2n) is 7.41. The first-order valence-corrected chi connectivity index (χ1v) is 9.55. The zero-order chi connectivity index (χ0) is 19.4. The summed E-state index contributed by atoms with van der Waals surface area (Å²) in [6.07, 6.45) is 3.88. The molecule has 2 aliphatic rings. The molecule has 0 aromatic carbocycles. The van der Waals surface area contributed by atoms with Crippen LogP contribution in [-0.2, 0) is 4.79 Å². The minimum atomic E-state index is -0.157. The molecular formula is C19H28N4O4. The number of carbonyl (C=O) groups excluding carboxylic acids is 3. The van der Waals surface area contributed by atoms with E-state index in [0.717, 1.165) is 19.3 Å². The van der Waals surface area contributed by atoms with Crippen molar-refractivity contribution in [1.29, 1.82) is 0 Å². The monoisotopic (exact) mass is 376 g/mol. The van der Waals surface area contributed by atoms with Gasteiger partial charge in [-0.1, -0.05) is 0 Å². The Morgan fingerprint density at radius 2 is 1.70 bits per heavy atom. The molecule has 2 aliphatic heterocycles. The Morgan fingerprint density at radius 3 is 2.41 bits per heavy atom. The summed E-state index contributed by atoms with van der Waals surface area (Å²) in [5.74, 6) is 0.142. The standard InChI is InChI=1S/C19H28N4O4/c1-20(2)19(26)23-8-3-6-15(14-23)17(24)21-9-5-10-22(12-11-21)18(25)16-7-4-13-27-16/h4,7,13,15H,3,5-6,8-12,14H2,1-2H3/t15-/m1/s1. The number of furan rings is 1. The number of nitrogens with zero attached hydrogens (tertiary/aromatic N) is 4. The van der Waals surface area contributed by atoms with Crippen LogP contribution in [-0.4, -0.2) is 90.8 Å². The van der Waals surface area contributed by atoms with Gasteiger partial charge in [0.05, 0.1) is 12.2 Å². The first-order chi connectivity index (χ1) is 13.0. The second-order valence-corrected chi connectivity index (χ2v) is 7.41. The predicted octanol–water partition coefficient (Wildman–Crippen LogP) is 1.35. The van der Waals surface area contributed by atoms with Crippen molar-refractivity contribution in [2.45, 2.75) is 19.3 Å². The lowest BCUT2D eigenvalue weighted by molar-refractivity contribution is -0.136. The van der Waals surface area contributed by atoms with Gasteiger partial charge >= 0.3 is 6.03 Å². The van der Waals surface area contributed by atoms with Crippen molar-refractivity contribution >= 4 is 17.8 Å². The molecule has 3 heterocycles. The highest BCUT2D eigenvalue weighted by Gasteiger charge is 2.33. The number of rotatable bonds is 2. The van der Waals surface area contributed by atoms with Crippen LogP contribution >= 0.6 is 0 Å². The summed E-state index contributed by atoms with van der Waals surface area (Å²) in [4.78, 5) is 44.6. The van der Waals surface area contributed by atoms with E-state index in [1.54, 1.807) is 40.9 Å². The van der Waals surface area contributed by atoms with Gasteiger partial charge in [-0.25, -0.2) is 4.79 Å². The molecule has 8 heteroatoms. The quantitative estimate of drug-likeness (QED) is 0.781. The van der Waals surface area contributed by atoms with Gasteiger partial charge in [0.2, 0.25) is 5.91 Å². The van der Waals surface area contributed by atoms with E-state index < -0.39 is 0 Å². The van der Waals surface area contributed by atoms with Crippen molar-refractivity contribution in [2.75, 3.05) is 53.4 Å². The molecule has 0 aliphatic carbocycles. The number of amides is 4. The normalized spacial score (nSPS) is 21.0. The van der Waals surface area contributed by atoms with E-state index in [9.17, 15) is 14.4 Å². The average Bonchev–Trinajstić information content (AvgIpc) is 3.11. The lowest BCUT2D eigenvalue weighted by Crippen LogP contribution is -2.49. The lowest BCUT2D eigenvalue weighted by atomic mass is 9.96. The molecule has 4 amide bonds. The van der Waals surface area contributed by atoms with Crippen molar-refractivity contribution in [2.24, 2.45) is 5.92 Å². The fraction of sp³-hybridized carbons (Fsp3) is 0.632. The van der Waals surface area contributed by atoms with Gasteiger partial charge in [0, 0.05) is 53.4 Å². The number of likely N-dealkylation sites (tertiary alicyclic amines) is 1. The van der Waals surface area contributed by atoms with Crippen LogP contribution in [0.3, 0.4) is 0 Å². The first kappa shape index (κ1) is 19.3. The highest BCUT2D eigenvalue weighted by molar-refractivity contribution is 5.91. The molecule has 2 fully saturated rings. The van der Waals surface area contributed by atoms with Gasteiger partial charge < -0.3 is 24.0 Å². The van der Waals surface area contributed by atoms with E-state index in [1.807, 2.05) is 4.90 Å². The third-order valence-electron chi connectivity index (χ3n) is 5.25. The Kier molecular flexibility index (Phi) is 6.03. The van der Waals surface area contributed by atoms with Gasteiger partial charge in [-0.05, 0) is 31.4 Å². The van der Waals surface area contributed by atoms with E-state index in [4.69, 9.17) is 4.42 Å². The van der Waals surface area contributed by atoms with E-state index in [-0.39, 0.29) is 23.8 Å². The Hall–Kier alpha value is -2.51. The molecule has 1 aromatic heterocycles. The smallest absolute Gasteiger partial charge is 0.319 e. The van der Waals surface area contributed by atoms with E-state index in [1.165, 1.54) is 6.26 Å². The molecule has 0 radical (unpaired) electrons. The molecular weight excluding hydrogens is 348 g/mol. The third-order valence-corrected chi connectivity index (χ3v) is 5.25. The summed E-state index contributed by atoms with van der Waals surface area (Å²) >= 11 is 0. The molecule has 2 saturated heterocycles. The van der Waals surface area contributed by atoms with Crippen molar-refractivity contribution < 1.29 is 18.8 Å². The molecule has 0 N–H and O–H groups in total. The summed E-state index contributed by atoms with van der Waals surface area (Å²) in [6.45, 7) is 3.44. The SMILES string of the molecule is CN(C)C(=O)N1CCC[C@@H](C(=O)N2CCCN(C(=O)c3ccco3)CC2)C1. The predicted molar refractivity (Wildman–Crippen MR) is 99.2 cm³/mol. The maximum atomic E-state index is 13.0. The zero-order valence-electron chi connectivity index (χ0n) is 16.1. The lowest BCUT2D eigenvalue weighted by Gasteiger charge is -2.35. The van der Waals surface area contributed by atoms with Crippen LogP contribution < -0.4 is 0 Å². The average molecular weight is 376 g/mol. The topological polar surface area (TPSA) is 77.3 Å². The highest BCUT2D eigenvalue weighted by atomic mass is 16.3. The van der Waals surface area contributed by atoms with Crippen LogP contribution in [0.5, 0.6) is 0 Å². The second kappa shape index (κ2) is 8.45. The van der Waals surface area contributed by atoms with E-state index in [2.05, 4.69) is 0 Å². The summed E-state index contributed by atoms with van der Waals surface area (Å²) in [7, 11) is 3.46. The number of hydrogen-bond donors (Lipinski definition) is 0. The van der Waals surface area contributed by atoms with E-state index >= 15 is 0 Å². The number of hydrogen-bond acceptors (Lipinski definition) is 4. The van der Waals surface area contributed by atoms with Gasteiger partial charge in [-0.3, -0.25) is 9.59 Å².